The Bertz CT molecular complexity index is 1280. The zero-order chi connectivity index (χ0) is 31.4. The molecule has 230 valence electrons. The van der Waals surface area contributed by atoms with Crippen molar-refractivity contribution < 1.29 is 24.6 Å². The average molecular weight is 622 g/mol. The lowest BCUT2D eigenvalue weighted by Crippen LogP contribution is -2.57. The first kappa shape index (κ1) is 33.6. The number of carboxylic acid groups (broad SMARTS) is 1. The number of likely N-dealkylation sites (N-methyl/N-ethyl adjacent to an activating group) is 1. The Morgan fingerprint density at radius 1 is 1.10 bits per heavy atom. The quantitative estimate of drug-likeness (QED) is 0.321. The molecule has 0 radical (unpaired) electrons. The molecule has 0 aromatic heterocycles. The summed E-state index contributed by atoms with van der Waals surface area (Å²) in [5.74, 6) is -0.833. The van der Waals surface area contributed by atoms with Crippen LogP contribution in [0.4, 0.5) is 10.5 Å². The van der Waals surface area contributed by atoms with Crippen molar-refractivity contribution in [2.75, 3.05) is 32.0 Å². The van der Waals surface area contributed by atoms with Gasteiger partial charge in [0.1, 0.15) is 6.04 Å². The van der Waals surface area contributed by atoms with Crippen molar-refractivity contribution in [3.05, 3.63) is 63.6 Å². The molecule has 3 N–H and O–H groups in total. The third-order valence-electron chi connectivity index (χ3n) is 7.52. The number of hydrogen-bond acceptors (Lipinski definition) is 5. The molecule has 0 aliphatic carbocycles. The number of amides is 3. The van der Waals surface area contributed by atoms with Crippen molar-refractivity contribution in [1.29, 1.82) is 0 Å². The Balaban J connectivity index is 1.89. The van der Waals surface area contributed by atoms with Crippen molar-refractivity contribution >= 4 is 46.8 Å². The van der Waals surface area contributed by atoms with Gasteiger partial charge in [-0.15, -0.1) is 0 Å². The molecular weight excluding hydrogens is 579 g/mol. The van der Waals surface area contributed by atoms with Crippen molar-refractivity contribution in [3.8, 4) is 0 Å². The van der Waals surface area contributed by atoms with E-state index < -0.39 is 29.7 Å². The van der Waals surface area contributed by atoms with Gasteiger partial charge in [0, 0.05) is 37.9 Å². The Labute approximate surface area is 258 Å². The second kappa shape index (κ2) is 14.1. The van der Waals surface area contributed by atoms with Gasteiger partial charge in [-0.1, -0.05) is 55.2 Å². The van der Waals surface area contributed by atoms with Crippen molar-refractivity contribution in [3.63, 3.8) is 0 Å². The number of halogens is 2. The van der Waals surface area contributed by atoms with E-state index in [0.29, 0.717) is 41.8 Å². The van der Waals surface area contributed by atoms with Gasteiger partial charge in [-0.2, -0.15) is 0 Å². The molecule has 2 aromatic carbocycles. The highest BCUT2D eigenvalue weighted by Crippen LogP contribution is 2.29. The molecular formula is C31H42Cl2N4O5. The summed E-state index contributed by atoms with van der Waals surface area (Å²) in [4.78, 5) is 44.1. The summed E-state index contributed by atoms with van der Waals surface area (Å²) in [6.45, 7) is 10.6. The predicted molar refractivity (Wildman–Crippen MR) is 166 cm³/mol. The molecule has 3 rings (SSSR count). The zero-order valence-corrected chi connectivity index (χ0v) is 26.6. The lowest BCUT2D eigenvalue weighted by molar-refractivity contribution is -0.131. The van der Waals surface area contributed by atoms with Gasteiger partial charge in [0.15, 0.2) is 0 Å². The fraction of sp³-hybridized carbons (Fsp3) is 0.516. The van der Waals surface area contributed by atoms with E-state index in [4.69, 9.17) is 23.2 Å². The zero-order valence-electron chi connectivity index (χ0n) is 25.1. The minimum atomic E-state index is -1.17. The van der Waals surface area contributed by atoms with Crippen LogP contribution in [0.5, 0.6) is 0 Å². The minimum Gasteiger partial charge on any atom is -0.465 e. The van der Waals surface area contributed by atoms with E-state index in [2.05, 4.69) is 10.2 Å². The summed E-state index contributed by atoms with van der Waals surface area (Å²) in [6.07, 6.45) is -0.799. The standard InChI is InChI=1S/C31H42Cl2N4O5/c1-19(2)28(37(30(41)42)31(3,4)5)29(40)34-22-9-7-8-21(16-22)26(18-36-13-12-23(38)17-36)35(6)27(39)15-20-10-11-24(32)25(33)14-20/h7-11,14,16,19,23,26,28,38H,12-13,15,17-18H2,1-6H3,(H,34,40)(H,41,42)/t23-,26+,28?/m0/s1. The fourth-order valence-electron chi connectivity index (χ4n) is 5.38. The number of benzene rings is 2. The van der Waals surface area contributed by atoms with E-state index in [-0.39, 0.29) is 24.3 Å². The predicted octanol–water partition coefficient (Wildman–Crippen LogP) is 5.54. The van der Waals surface area contributed by atoms with Crippen molar-refractivity contribution in [2.24, 2.45) is 5.92 Å². The number of aliphatic hydroxyl groups excluding tert-OH is 1. The fourth-order valence-corrected chi connectivity index (χ4v) is 5.70. The molecule has 0 spiro atoms. The third-order valence-corrected chi connectivity index (χ3v) is 8.26. The number of nitrogens with one attached hydrogen (secondary N) is 1. The molecule has 1 heterocycles. The highest BCUT2D eigenvalue weighted by molar-refractivity contribution is 6.42. The molecule has 0 bridgehead atoms. The summed E-state index contributed by atoms with van der Waals surface area (Å²) in [5.41, 5.74) is 1.24. The second-order valence-corrected chi connectivity index (χ2v) is 13.1. The van der Waals surface area contributed by atoms with Gasteiger partial charge in [-0.05, 0) is 68.5 Å². The Hall–Kier alpha value is -2.85. The first-order chi connectivity index (χ1) is 19.6. The summed E-state index contributed by atoms with van der Waals surface area (Å²) in [5, 5.41) is 23.8. The van der Waals surface area contributed by atoms with E-state index in [0.717, 1.165) is 11.1 Å². The Morgan fingerprint density at radius 2 is 1.79 bits per heavy atom. The van der Waals surface area contributed by atoms with Crippen LogP contribution < -0.4 is 5.32 Å². The number of nitrogens with zero attached hydrogens (tertiary/aromatic N) is 3. The first-order valence-electron chi connectivity index (χ1n) is 14.1. The van der Waals surface area contributed by atoms with Gasteiger partial charge in [0.25, 0.3) is 0 Å². The van der Waals surface area contributed by atoms with Crippen LogP contribution in [0, 0.1) is 5.92 Å². The maximum atomic E-state index is 13.5. The molecule has 1 aliphatic rings. The molecule has 42 heavy (non-hydrogen) atoms. The van der Waals surface area contributed by atoms with Crippen LogP contribution in [-0.4, -0.2) is 87.2 Å². The molecule has 0 saturated carbocycles. The third kappa shape index (κ3) is 8.60. The number of carbonyl (C=O) groups is 3. The van der Waals surface area contributed by atoms with Gasteiger partial charge in [0.05, 0.1) is 28.6 Å². The van der Waals surface area contributed by atoms with Gasteiger partial charge in [-0.3, -0.25) is 19.4 Å². The van der Waals surface area contributed by atoms with Gasteiger partial charge in [-0.25, -0.2) is 4.79 Å². The SMILES string of the molecule is CC(C)C(C(=O)Nc1cccc([C@@H](CN2CC[C@H](O)C2)N(C)C(=O)Cc2ccc(Cl)c(Cl)c2)c1)N(C(=O)O)C(C)(C)C. The van der Waals surface area contributed by atoms with Crippen LogP contribution in [0.15, 0.2) is 42.5 Å². The Morgan fingerprint density at radius 3 is 2.33 bits per heavy atom. The molecule has 1 fully saturated rings. The van der Waals surface area contributed by atoms with E-state index in [1.807, 2.05) is 26.0 Å². The van der Waals surface area contributed by atoms with Gasteiger partial charge in [0.2, 0.25) is 11.8 Å². The van der Waals surface area contributed by atoms with E-state index in [1.165, 1.54) is 4.90 Å². The van der Waals surface area contributed by atoms with Crippen molar-refractivity contribution in [2.45, 2.75) is 71.2 Å². The summed E-state index contributed by atoms with van der Waals surface area (Å²) in [6, 6.07) is 11.1. The monoisotopic (exact) mass is 620 g/mol. The van der Waals surface area contributed by atoms with Gasteiger partial charge >= 0.3 is 6.09 Å². The number of β-amino-alcohol motifs (C(OH)–C–C–N with tert-alkyl or cyclic N) is 1. The lowest BCUT2D eigenvalue weighted by atomic mass is 9.95. The molecule has 9 nitrogen and oxygen atoms in total. The molecule has 1 aliphatic heterocycles. The topological polar surface area (TPSA) is 113 Å². The number of likely N-dealkylation sites (tertiary alicyclic amines) is 1. The van der Waals surface area contributed by atoms with E-state index in [9.17, 15) is 24.6 Å². The van der Waals surface area contributed by atoms with Crippen LogP contribution in [0.1, 0.15) is 58.2 Å². The summed E-state index contributed by atoms with van der Waals surface area (Å²) < 4.78 is 0. The van der Waals surface area contributed by atoms with Crippen LogP contribution in [-0.2, 0) is 16.0 Å². The molecule has 3 amide bonds. The number of anilines is 1. The molecule has 11 heteroatoms. The number of carbonyl (C=O) groups excluding carboxylic acids is 2. The largest absolute Gasteiger partial charge is 0.465 e. The molecule has 1 unspecified atom stereocenters. The molecule has 1 saturated heterocycles. The summed E-state index contributed by atoms with van der Waals surface area (Å²) >= 11 is 12.2. The second-order valence-electron chi connectivity index (χ2n) is 12.3. The average Bonchev–Trinajstić information content (AvgIpc) is 3.30. The smallest absolute Gasteiger partial charge is 0.408 e. The van der Waals surface area contributed by atoms with Crippen LogP contribution in [0.25, 0.3) is 0 Å². The van der Waals surface area contributed by atoms with Crippen LogP contribution in [0.2, 0.25) is 10.0 Å². The van der Waals surface area contributed by atoms with Gasteiger partial charge < -0.3 is 20.4 Å². The lowest BCUT2D eigenvalue weighted by Gasteiger charge is -2.40. The van der Waals surface area contributed by atoms with Crippen molar-refractivity contribution in [1.82, 2.24) is 14.7 Å². The highest BCUT2D eigenvalue weighted by Gasteiger charge is 2.39. The maximum absolute atomic E-state index is 13.5. The van der Waals surface area contributed by atoms with E-state index in [1.54, 1.807) is 63.1 Å². The molecule has 2 aromatic rings. The normalized spacial score (nSPS) is 17.1. The van der Waals surface area contributed by atoms with E-state index >= 15 is 0 Å². The number of aliphatic hydroxyl groups is 1. The van der Waals surface area contributed by atoms with Crippen LogP contribution >= 0.6 is 23.2 Å². The van der Waals surface area contributed by atoms with Crippen LogP contribution in [0.3, 0.4) is 0 Å². The maximum Gasteiger partial charge on any atom is 0.408 e. The first-order valence-corrected chi connectivity index (χ1v) is 14.9. The summed E-state index contributed by atoms with van der Waals surface area (Å²) in [7, 11) is 1.74. The Kier molecular flexibility index (Phi) is 11.3. The number of rotatable bonds is 10. The molecule has 3 atom stereocenters. The number of hydrogen-bond donors (Lipinski definition) is 3. The highest BCUT2D eigenvalue weighted by atomic mass is 35.5. The minimum absolute atomic E-state index is 0.122.